The highest BCUT2D eigenvalue weighted by Crippen LogP contribution is 2.14. The summed E-state index contributed by atoms with van der Waals surface area (Å²) in [5.41, 5.74) is 1.34. The first-order valence-corrected chi connectivity index (χ1v) is 5.63. The Bertz CT molecular complexity index is 304. The zero-order chi connectivity index (χ0) is 10.4. The molecular formula is C10H17N3S. The van der Waals surface area contributed by atoms with Gasteiger partial charge in [0.15, 0.2) is 5.96 Å². The lowest BCUT2D eigenvalue weighted by Crippen LogP contribution is -2.36. The molecule has 0 amide bonds. The van der Waals surface area contributed by atoms with E-state index >= 15 is 0 Å². The van der Waals surface area contributed by atoms with Gasteiger partial charge in [0, 0.05) is 18.5 Å². The second-order valence-corrected chi connectivity index (χ2v) is 3.98. The summed E-state index contributed by atoms with van der Waals surface area (Å²) in [5.74, 6) is 0.861. The van der Waals surface area contributed by atoms with Gasteiger partial charge in [-0.05, 0) is 30.9 Å². The van der Waals surface area contributed by atoms with E-state index in [4.69, 9.17) is 0 Å². The van der Waals surface area contributed by atoms with Gasteiger partial charge in [-0.25, -0.2) is 0 Å². The molecule has 4 heteroatoms. The Kier molecular flexibility index (Phi) is 4.46. The molecule has 3 nitrogen and oxygen atoms in total. The van der Waals surface area contributed by atoms with Gasteiger partial charge in [-0.2, -0.15) is 0 Å². The Labute approximate surface area is 89.3 Å². The Morgan fingerprint density at radius 2 is 2.29 bits per heavy atom. The van der Waals surface area contributed by atoms with Crippen molar-refractivity contribution in [3.63, 3.8) is 0 Å². The van der Waals surface area contributed by atoms with E-state index in [9.17, 15) is 0 Å². The molecule has 14 heavy (non-hydrogen) atoms. The van der Waals surface area contributed by atoms with Crippen LogP contribution in [0.5, 0.6) is 0 Å². The molecule has 0 spiro atoms. The number of nitrogens with zero attached hydrogens (tertiary/aromatic N) is 1. The van der Waals surface area contributed by atoms with Gasteiger partial charge in [0.2, 0.25) is 0 Å². The normalized spacial score (nSPS) is 11.5. The maximum atomic E-state index is 4.11. The smallest absolute Gasteiger partial charge is 0.191 e. The second-order valence-electron chi connectivity index (χ2n) is 2.98. The highest BCUT2D eigenvalue weighted by molar-refractivity contribution is 7.10. The third-order valence-electron chi connectivity index (χ3n) is 1.95. The van der Waals surface area contributed by atoms with Crippen LogP contribution in [0, 0.1) is 6.92 Å². The van der Waals surface area contributed by atoms with Gasteiger partial charge in [-0.15, -0.1) is 11.3 Å². The molecule has 0 aliphatic heterocycles. The number of rotatable bonds is 3. The molecule has 78 valence electrons. The maximum Gasteiger partial charge on any atom is 0.191 e. The Morgan fingerprint density at radius 3 is 2.79 bits per heavy atom. The predicted octanol–water partition coefficient (Wildman–Crippen LogP) is 1.74. The van der Waals surface area contributed by atoms with Crippen LogP contribution in [0.3, 0.4) is 0 Å². The summed E-state index contributed by atoms with van der Waals surface area (Å²) in [7, 11) is 1.78. The number of thiophene rings is 1. The number of guanidine groups is 1. The van der Waals surface area contributed by atoms with Crippen molar-refractivity contribution in [3.8, 4) is 0 Å². The molecule has 0 aromatic carbocycles. The minimum Gasteiger partial charge on any atom is -0.357 e. The standard InChI is InChI=1S/C10H17N3S/c1-4-12-10(11-3)13-7-9-8(2)5-6-14-9/h5-6H,4,7H2,1-3H3,(H2,11,12,13). The molecule has 0 atom stereocenters. The summed E-state index contributed by atoms with van der Waals surface area (Å²) in [5, 5.41) is 8.53. The van der Waals surface area contributed by atoms with Crippen molar-refractivity contribution >= 4 is 17.3 Å². The van der Waals surface area contributed by atoms with E-state index in [0.717, 1.165) is 19.0 Å². The minimum absolute atomic E-state index is 0.850. The lowest BCUT2D eigenvalue weighted by Gasteiger charge is -2.09. The average Bonchev–Trinajstić information content (AvgIpc) is 2.59. The van der Waals surface area contributed by atoms with Crippen LogP contribution in [0.25, 0.3) is 0 Å². The fourth-order valence-corrected chi connectivity index (χ4v) is 1.98. The molecule has 0 unspecified atom stereocenters. The van der Waals surface area contributed by atoms with Crippen molar-refractivity contribution in [2.75, 3.05) is 13.6 Å². The molecule has 0 bridgehead atoms. The lowest BCUT2D eigenvalue weighted by atomic mass is 10.3. The van der Waals surface area contributed by atoms with E-state index < -0.39 is 0 Å². The van der Waals surface area contributed by atoms with Crippen LogP contribution in [0.4, 0.5) is 0 Å². The molecule has 1 rings (SSSR count). The molecular weight excluding hydrogens is 194 g/mol. The largest absolute Gasteiger partial charge is 0.357 e. The summed E-state index contributed by atoms with van der Waals surface area (Å²) in [4.78, 5) is 5.47. The van der Waals surface area contributed by atoms with Crippen molar-refractivity contribution in [1.82, 2.24) is 10.6 Å². The van der Waals surface area contributed by atoms with Crippen LogP contribution in [-0.2, 0) is 6.54 Å². The Balaban J connectivity index is 2.44. The van der Waals surface area contributed by atoms with Gasteiger partial charge < -0.3 is 10.6 Å². The number of hydrogen-bond acceptors (Lipinski definition) is 2. The van der Waals surface area contributed by atoms with Crippen molar-refractivity contribution in [1.29, 1.82) is 0 Å². The number of nitrogens with one attached hydrogen (secondary N) is 2. The first-order chi connectivity index (χ1) is 6.77. The summed E-state index contributed by atoms with van der Waals surface area (Å²) in [6.45, 7) is 5.93. The maximum absolute atomic E-state index is 4.11. The van der Waals surface area contributed by atoms with E-state index in [2.05, 4.69) is 40.9 Å². The van der Waals surface area contributed by atoms with E-state index in [-0.39, 0.29) is 0 Å². The van der Waals surface area contributed by atoms with Crippen LogP contribution in [0.2, 0.25) is 0 Å². The average molecular weight is 211 g/mol. The fourth-order valence-electron chi connectivity index (χ4n) is 1.14. The monoisotopic (exact) mass is 211 g/mol. The van der Waals surface area contributed by atoms with Crippen molar-refractivity contribution < 1.29 is 0 Å². The highest BCUT2D eigenvalue weighted by Gasteiger charge is 2.00. The highest BCUT2D eigenvalue weighted by atomic mass is 32.1. The van der Waals surface area contributed by atoms with Crippen LogP contribution < -0.4 is 10.6 Å². The van der Waals surface area contributed by atoms with Crippen molar-refractivity contribution in [3.05, 3.63) is 21.9 Å². The van der Waals surface area contributed by atoms with E-state index in [1.165, 1.54) is 10.4 Å². The molecule has 0 radical (unpaired) electrons. The molecule has 1 aromatic rings. The third kappa shape index (κ3) is 3.03. The van der Waals surface area contributed by atoms with E-state index in [1.807, 2.05) is 0 Å². The number of aryl methyl sites for hydroxylation is 1. The van der Waals surface area contributed by atoms with Gasteiger partial charge in [0.05, 0.1) is 6.54 Å². The van der Waals surface area contributed by atoms with E-state index in [1.54, 1.807) is 18.4 Å². The third-order valence-corrected chi connectivity index (χ3v) is 2.98. The molecule has 0 saturated heterocycles. The molecule has 1 aromatic heterocycles. The van der Waals surface area contributed by atoms with Crippen LogP contribution in [0.15, 0.2) is 16.4 Å². The van der Waals surface area contributed by atoms with Crippen LogP contribution in [0.1, 0.15) is 17.4 Å². The van der Waals surface area contributed by atoms with Gasteiger partial charge >= 0.3 is 0 Å². The topological polar surface area (TPSA) is 36.4 Å². The predicted molar refractivity (Wildman–Crippen MR) is 62.9 cm³/mol. The molecule has 0 saturated carbocycles. The summed E-state index contributed by atoms with van der Waals surface area (Å²) >= 11 is 1.77. The first-order valence-electron chi connectivity index (χ1n) is 4.75. The van der Waals surface area contributed by atoms with Crippen molar-refractivity contribution in [2.45, 2.75) is 20.4 Å². The molecule has 1 heterocycles. The molecule has 0 aliphatic carbocycles. The van der Waals surface area contributed by atoms with Gasteiger partial charge in [0.25, 0.3) is 0 Å². The molecule has 0 fully saturated rings. The summed E-state index contributed by atoms with van der Waals surface area (Å²) < 4.78 is 0. The SMILES string of the molecule is CCNC(=NC)NCc1sccc1C. The zero-order valence-electron chi connectivity index (χ0n) is 8.92. The summed E-state index contributed by atoms with van der Waals surface area (Å²) in [6.07, 6.45) is 0. The van der Waals surface area contributed by atoms with Crippen molar-refractivity contribution in [2.24, 2.45) is 4.99 Å². The summed E-state index contributed by atoms with van der Waals surface area (Å²) in [6, 6.07) is 2.14. The number of aliphatic imine (C=N–C) groups is 1. The first kappa shape index (κ1) is 11.0. The van der Waals surface area contributed by atoms with Crippen LogP contribution >= 0.6 is 11.3 Å². The fraction of sp³-hybridized carbons (Fsp3) is 0.500. The second kappa shape index (κ2) is 5.65. The van der Waals surface area contributed by atoms with Gasteiger partial charge in [0.1, 0.15) is 0 Å². The number of hydrogen-bond donors (Lipinski definition) is 2. The van der Waals surface area contributed by atoms with E-state index in [0.29, 0.717) is 0 Å². The molecule has 0 aliphatic rings. The quantitative estimate of drug-likeness (QED) is 0.590. The van der Waals surface area contributed by atoms with Crippen LogP contribution in [-0.4, -0.2) is 19.6 Å². The van der Waals surface area contributed by atoms with Gasteiger partial charge in [-0.3, -0.25) is 4.99 Å². The zero-order valence-corrected chi connectivity index (χ0v) is 9.74. The Hall–Kier alpha value is -1.03. The minimum atomic E-state index is 0.850. The molecule has 2 N–H and O–H groups in total. The lowest BCUT2D eigenvalue weighted by molar-refractivity contribution is 0.835. The Morgan fingerprint density at radius 1 is 1.50 bits per heavy atom. The van der Waals surface area contributed by atoms with Gasteiger partial charge in [-0.1, -0.05) is 0 Å².